The van der Waals surface area contributed by atoms with Crippen molar-refractivity contribution in [3.8, 4) is 0 Å². The van der Waals surface area contributed by atoms with Crippen LogP contribution in [0, 0.1) is 5.92 Å². The van der Waals surface area contributed by atoms with Crippen LogP contribution in [0.5, 0.6) is 0 Å². The number of benzene rings is 2. The maximum absolute atomic E-state index is 13.0. The summed E-state index contributed by atoms with van der Waals surface area (Å²) >= 11 is 0. The normalized spacial score (nSPS) is 14.4. The van der Waals surface area contributed by atoms with E-state index in [1.165, 1.54) is 10.9 Å². The molecule has 0 saturated carbocycles. The number of aromatic amines is 1. The van der Waals surface area contributed by atoms with E-state index in [2.05, 4.69) is 30.2 Å². The van der Waals surface area contributed by atoms with Gasteiger partial charge in [0.1, 0.15) is 6.04 Å². The summed E-state index contributed by atoms with van der Waals surface area (Å²) in [6.07, 6.45) is 3.40. The van der Waals surface area contributed by atoms with Crippen LogP contribution in [0.3, 0.4) is 0 Å². The zero-order valence-corrected chi connectivity index (χ0v) is 16.9. The van der Waals surface area contributed by atoms with E-state index in [1.807, 2.05) is 48.7 Å². The Morgan fingerprint density at radius 2 is 1.90 bits per heavy atom. The van der Waals surface area contributed by atoms with Crippen LogP contribution >= 0.6 is 0 Å². The van der Waals surface area contributed by atoms with Crippen molar-refractivity contribution >= 4 is 22.7 Å². The number of H-pyrrole nitrogens is 1. The average Bonchev–Trinajstić information content (AvgIpc) is 3.28. The standard InChI is InChI=1S/C24H27N3O2/c1-16(2)13-22(27-15-18-7-3-4-9-20(18)24(27)29)23(28)25-12-11-17-14-26-21-10-6-5-8-19(17)21/h3-10,14,16,22,26H,11-13,15H2,1-2H3,(H,25,28). The fraction of sp³-hybridized carbons (Fsp3) is 0.333. The van der Waals surface area contributed by atoms with Gasteiger partial charge in [-0.3, -0.25) is 9.59 Å². The lowest BCUT2D eigenvalue weighted by Gasteiger charge is -2.28. The fourth-order valence-corrected chi connectivity index (χ4v) is 4.13. The second-order valence-corrected chi connectivity index (χ2v) is 8.14. The number of hydrogen-bond acceptors (Lipinski definition) is 2. The van der Waals surface area contributed by atoms with E-state index < -0.39 is 6.04 Å². The molecule has 2 heterocycles. The summed E-state index contributed by atoms with van der Waals surface area (Å²) in [6.45, 7) is 5.21. The molecule has 150 valence electrons. The van der Waals surface area contributed by atoms with E-state index in [-0.39, 0.29) is 11.8 Å². The van der Waals surface area contributed by atoms with E-state index in [9.17, 15) is 9.59 Å². The van der Waals surface area contributed by atoms with Crippen LogP contribution in [-0.2, 0) is 17.8 Å². The second kappa shape index (κ2) is 8.11. The molecule has 1 aliphatic heterocycles. The van der Waals surface area contributed by atoms with Crippen LogP contribution in [0.1, 0.15) is 41.8 Å². The Balaban J connectivity index is 1.43. The molecule has 2 N–H and O–H groups in total. The molecule has 1 atom stereocenters. The zero-order chi connectivity index (χ0) is 20.4. The molecule has 0 aliphatic carbocycles. The topological polar surface area (TPSA) is 65.2 Å². The van der Waals surface area contributed by atoms with E-state index in [1.54, 1.807) is 4.90 Å². The van der Waals surface area contributed by atoms with Crippen molar-refractivity contribution in [2.45, 2.75) is 39.3 Å². The highest BCUT2D eigenvalue weighted by molar-refractivity contribution is 6.01. The molecule has 2 amide bonds. The highest BCUT2D eigenvalue weighted by Crippen LogP contribution is 2.27. The summed E-state index contributed by atoms with van der Waals surface area (Å²) in [5.41, 5.74) is 4.00. The summed E-state index contributed by atoms with van der Waals surface area (Å²) in [5.74, 6) is 0.202. The van der Waals surface area contributed by atoms with Crippen LogP contribution in [0.25, 0.3) is 10.9 Å². The molecule has 29 heavy (non-hydrogen) atoms. The summed E-state index contributed by atoms with van der Waals surface area (Å²) in [6, 6.07) is 15.3. The average molecular weight is 389 g/mol. The second-order valence-electron chi connectivity index (χ2n) is 8.14. The van der Waals surface area contributed by atoms with Gasteiger partial charge in [0.2, 0.25) is 5.91 Å². The maximum atomic E-state index is 13.0. The molecule has 1 unspecified atom stereocenters. The molecule has 1 aromatic heterocycles. The molecule has 3 aromatic rings. The van der Waals surface area contributed by atoms with Crippen molar-refractivity contribution in [3.63, 3.8) is 0 Å². The number of hydrogen-bond donors (Lipinski definition) is 2. The van der Waals surface area contributed by atoms with Crippen molar-refractivity contribution in [3.05, 3.63) is 71.4 Å². The van der Waals surface area contributed by atoms with E-state index in [0.29, 0.717) is 31.0 Å². The largest absolute Gasteiger partial charge is 0.361 e. The number of aromatic nitrogens is 1. The number of carbonyl (C=O) groups excluding carboxylic acids is 2. The monoisotopic (exact) mass is 389 g/mol. The number of nitrogens with zero attached hydrogens (tertiary/aromatic N) is 1. The molecule has 0 spiro atoms. The van der Waals surface area contributed by atoms with Crippen molar-refractivity contribution in [1.82, 2.24) is 15.2 Å². The van der Waals surface area contributed by atoms with Crippen LogP contribution in [0.15, 0.2) is 54.7 Å². The van der Waals surface area contributed by atoms with Crippen LogP contribution in [0.4, 0.5) is 0 Å². The number of amides is 2. The SMILES string of the molecule is CC(C)CC(C(=O)NCCc1c[nH]c2ccccc12)N1Cc2ccccc2C1=O. The van der Waals surface area contributed by atoms with E-state index >= 15 is 0 Å². The van der Waals surface area contributed by atoms with Gasteiger partial charge in [0.05, 0.1) is 0 Å². The molecular formula is C24H27N3O2. The fourth-order valence-electron chi connectivity index (χ4n) is 4.13. The third-order valence-electron chi connectivity index (χ3n) is 5.59. The Morgan fingerprint density at radius 1 is 1.14 bits per heavy atom. The number of carbonyl (C=O) groups is 2. The summed E-state index contributed by atoms with van der Waals surface area (Å²) in [7, 11) is 0. The summed E-state index contributed by atoms with van der Waals surface area (Å²) in [5, 5.41) is 4.25. The predicted molar refractivity (Wildman–Crippen MR) is 115 cm³/mol. The van der Waals surface area contributed by atoms with Gasteiger partial charge in [-0.15, -0.1) is 0 Å². The minimum Gasteiger partial charge on any atom is -0.361 e. The third-order valence-corrected chi connectivity index (χ3v) is 5.59. The molecule has 0 fully saturated rings. The number of para-hydroxylation sites is 1. The first-order valence-corrected chi connectivity index (χ1v) is 10.3. The molecule has 2 aromatic carbocycles. The quantitative estimate of drug-likeness (QED) is 0.644. The molecule has 0 radical (unpaired) electrons. The highest BCUT2D eigenvalue weighted by atomic mass is 16.2. The van der Waals surface area contributed by atoms with Gasteiger partial charge in [-0.2, -0.15) is 0 Å². The van der Waals surface area contributed by atoms with Gasteiger partial charge < -0.3 is 15.2 Å². The van der Waals surface area contributed by atoms with E-state index in [4.69, 9.17) is 0 Å². The Hall–Kier alpha value is -3.08. The van der Waals surface area contributed by atoms with Crippen LogP contribution in [-0.4, -0.2) is 34.3 Å². The first kappa shape index (κ1) is 19.2. The van der Waals surface area contributed by atoms with Gasteiger partial charge in [-0.05, 0) is 42.0 Å². The minimum absolute atomic E-state index is 0.0435. The molecule has 0 bridgehead atoms. The maximum Gasteiger partial charge on any atom is 0.255 e. The lowest BCUT2D eigenvalue weighted by Crippen LogP contribution is -2.48. The van der Waals surface area contributed by atoms with Gasteiger partial charge >= 0.3 is 0 Å². The lowest BCUT2D eigenvalue weighted by atomic mass is 10.0. The Labute approximate surface area is 171 Å². The molecule has 4 rings (SSSR count). The van der Waals surface area contributed by atoms with Crippen LogP contribution in [0.2, 0.25) is 0 Å². The number of rotatable bonds is 7. The third kappa shape index (κ3) is 3.90. The molecule has 5 nitrogen and oxygen atoms in total. The van der Waals surface area contributed by atoms with Gasteiger partial charge in [0.25, 0.3) is 5.91 Å². The van der Waals surface area contributed by atoms with Crippen molar-refractivity contribution in [2.75, 3.05) is 6.54 Å². The highest BCUT2D eigenvalue weighted by Gasteiger charge is 2.36. The Kier molecular flexibility index (Phi) is 5.38. The van der Waals surface area contributed by atoms with Crippen molar-refractivity contribution in [1.29, 1.82) is 0 Å². The van der Waals surface area contributed by atoms with Crippen LogP contribution < -0.4 is 5.32 Å². The van der Waals surface area contributed by atoms with E-state index in [0.717, 1.165) is 17.5 Å². The summed E-state index contributed by atoms with van der Waals surface area (Å²) < 4.78 is 0. The smallest absolute Gasteiger partial charge is 0.255 e. The Bertz CT molecular complexity index is 1040. The van der Waals surface area contributed by atoms with Gasteiger partial charge in [0, 0.05) is 35.8 Å². The van der Waals surface area contributed by atoms with Gasteiger partial charge in [-0.1, -0.05) is 50.2 Å². The van der Waals surface area contributed by atoms with Crippen molar-refractivity contribution < 1.29 is 9.59 Å². The number of nitrogens with one attached hydrogen (secondary N) is 2. The predicted octanol–water partition coefficient (Wildman–Crippen LogP) is 3.90. The first-order valence-electron chi connectivity index (χ1n) is 10.3. The van der Waals surface area contributed by atoms with Gasteiger partial charge in [0.15, 0.2) is 0 Å². The summed E-state index contributed by atoms with van der Waals surface area (Å²) in [4.78, 5) is 30.9. The first-order chi connectivity index (χ1) is 14.0. The van der Waals surface area contributed by atoms with Gasteiger partial charge in [-0.25, -0.2) is 0 Å². The zero-order valence-electron chi connectivity index (χ0n) is 16.9. The molecule has 5 heteroatoms. The molecule has 0 saturated heterocycles. The Morgan fingerprint density at radius 3 is 2.69 bits per heavy atom. The molecule has 1 aliphatic rings. The number of fused-ring (bicyclic) bond motifs is 2. The lowest BCUT2D eigenvalue weighted by molar-refractivity contribution is -0.126. The minimum atomic E-state index is -0.446. The molecular weight excluding hydrogens is 362 g/mol. The van der Waals surface area contributed by atoms with Crippen molar-refractivity contribution in [2.24, 2.45) is 5.92 Å².